The van der Waals surface area contributed by atoms with E-state index < -0.39 is 21.8 Å². The van der Waals surface area contributed by atoms with Crippen molar-refractivity contribution >= 4 is 33.0 Å². The molecule has 3 aromatic rings. The minimum absolute atomic E-state index is 0.0605. The molecule has 0 aliphatic heterocycles. The zero-order valence-corrected chi connectivity index (χ0v) is 17.9. The number of hydrogen-bond donors (Lipinski definition) is 2. The Bertz CT molecular complexity index is 1160. The molecular weight excluding hydrogens is 451 g/mol. The summed E-state index contributed by atoms with van der Waals surface area (Å²) >= 11 is 1.27. The van der Waals surface area contributed by atoms with E-state index in [1.165, 1.54) is 54.7 Å². The van der Waals surface area contributed by atoms with E-state index in [1.807, 2.05) is 0 Å². The Labute approximate surface area is 181 Å². The lowest BCUT2D eigenvalue weighted by Gasteiger charge is -2.07. The van der Waals surface area contributed by atoms with Gasteiger partial charge in [-0.25, -0.2) is 18.1 Å². The van der Waals surface area contributed by atoms with Gasteiger partial charge in [-0.05, 0) is 36.4 Å². The molecule has 0 unspecified atom stereocenters. The van der Waals surface area contributed by atoms with Crippen LogP contribution in [0.25, 0.3) is 10.6 Å². The van der Waals surface area contributed by atoms with Gasteiger partial charge in [0, 0.05) is 36.5 Å². The van der Waals surface area contributed by atoms with Crippen molar-refractivity contribution in [1.82, 2.24) is 9.71 Å². The van der Waals surface area contributed by atoms with Crippen molar-refractivity contribution in [2.75, 3.05) is 11.9 Å². The van der Waals surface area contributed by atoms with Crippen LogP contribution in [-0.2, 0) is 27.4 Å². The quantitative estimate of drug-likeness (QED) is 0.540. The summed E-state index contributed by atoms with van der Waals surface area (Å²) in [7, 11) is -3.73. The van der Waals surface area contributed by atoms with Gasteiger partial charge < -0.3 is 5.32 Å². The third-order valence-electron chi connectivity index (χ3n) is 4.17. The lowest BCUT2D eigenvalue weighted by Crippen LogP contribution is -2.26. The molecule has 0 aliphatic rings. The molecule has 1 amide bonds. The number of hydrogen-bond acceptors (Lipinski definition) is 5. The van der Waals surface area contributed by atoms with Gasteiger partial charge >= 0.3 is 6.18 Å². The molecule has 11 heteroatoms. The Hall–Kier alpha value is -2.76. The lowest BCUT2D eigenvalue weighted by molar-refractivity contribution is -0.137. The first-order valence-corrected chi connectivity index (χ1v) is 11.4. The number of alkyl halides is 3. The molecule has 0 saturated carbocycles. The maximum atomic E-state index is 12.7. The zero-order chi connectivity index (χ0) is 22.6. The second-order valence-electron chi connectivity index (χ2n) is 6.57. The monoisotopic (exact) mass is 469 g/mol. The van der Waals surface area contributed by atoms with E-state index in [0.717, 1.165) is 12.1 Å². The smallest absolute Gasteiger partial charge is 0.326 e. The van der Waals surface area contributed by atoms with Gasteiger partial charge in [-0.1, -0.05) is 12.1 Å². The van der Waals surface area contributed by atoms with Crippen LogP contribution in [0.2, 0.25) is 0 Å². The second kappa shape index (κ2) is 9.16. The largest absolute Gasteiger partial charge is 0.416 e. The number of thiazole rings is 1. The highest BCUT2D eigenvalue weighted by Crippen LogP contribution is 2.31. The van der Waals surface area contributed by atoms with Crippen molar-refractivity contribution in [2.24, 2.45) is 0 Å². The molecule has 2 aromatic carbocycles. The van der Waals surface area contributed by atoms with E-state index in [1.54, 1.807) is 5.38 Å². The van der Waals surface area contributed by atoms with Gasteiger partial charge in [-0.3, -0.25) is 4.79 Å². The molecule has 0 bridgehead atoms. The molecule has 0 fully saturated rings. The molecule has 2 N–H and O–H groups in total. The summed E-state index contributed by atoms with van der Waals surface area (Å²) in [6, 6.07) is 10.5. The van der Waals surface area contributed by atoms with E-state index in [9.17, 15) is 26.4 Å². The summed E-state index contributed by atoms with van der Waals surface area (Å²) in [6.45, 7) is 1.46. The number of halogens is 3. The zero-order valence-electron chi connectivity index (χ0n) is 16.2. The third kappa shape index (κ3) is 6.12. The van der Waals surface area contributed by atoms with Crippen LogP contribution in [0.4, 0.5) is 18.9 Å². The molecular formula is C20H18F3N3O3S2. The fourth-order valence-electron chi connectivity index (χ4n) is 2.67. The molecule has 0 spiro atoms. The van der Waals surface area contributed by atoms with Crippen molar-refractivity contribution in [3.63, 3.8) is 0 Å². The SMILES string of the molecule is CC(=O)Nc1ccc(S(=O)(=O)NCCc2csc(-c3ccc(C(F)(F)F)cc3)n2)cc1. The Morgan fingerprint density at radius 3 is 2.29 bits per heavy atom. The van der Waals surface area contributed by atoms with Crippen LogP contribution in [0.5, 0.6) is 0 Å². The maximum absolute atomic E-state index is 12.7. The van der Waals surface area contributed by atoms with Crippen molar-refractivity contribution in [1.29, 1.82) is 0 Å². The Morgan fingerprint density at radius 1 is 1.06 bits per heavy atom. The number of sulfonamides is 1. The first-order valence-electron chi connectivity index (χ1n) is 9.04. The van der Waals surface area contributed by atoms with Gasteiger partial charge in [0.25, 0.3) is 0 Å². The topological polar surface area (TPSA) is 88.2 Å². The first kappa shape index (κ1) is 22.9. The molecule has 3 rings (SSSR count). The van der Waals surface area contributed by atoms with Crippen LogP contribution in [0.15, 0.2) is 58.8 Å². The number of benzene rings is 2. The predicted molar refractivity (Wildman–Crippen MR) is 112 cm³/mol. The number of anilines is 1. The van der Waals surface area contributed by atoms with Crippen molar-refractivity contribution in [3.05, 3.63) is 65.2 Å². The minimum Gasteiger partial charge on any atom is -0.326 e. The maximum Gasteiger partial charge on any atom is 0.416 e. The van der Waals surface area contributed by atoms with E-state index in [2.05, 4.69) is 15.0 Å². The van der Waals surface area contributed by atoms with E-state index in [-0.39, 0.29) is 17.3 Å². The summed E-state index contributed by atoms with van der Waals surface area (Å²) in [5, 5.41) is 4.85. The Kier molecular flexibility index (Phi) is 6.77. The molecule has 1 heterocycles. The van der Waals surface area contributed by atoms with Crippen LogP contribution >= 0.6 is 11.3 Å². The standard InChI is InChI=1S/C20H18F3N3O3S2/c1-13(27)25-16-6-8-18(9-7-16)31(28,29)24-11-10-17-12-30-19(26-17)14-2-4-15(5-3-14)20(21,22)23/h2-9,12,24H,10-11H2,1H3,(H,25,27). The van der Waals surface area contributed by atoms with Crippen LogP contribution < -0.4 is 10.0 Å². The molecule has 6 nitrogen and oxygen atoms in total. The number of nitrogens with zero attached hydrogens (tertiary/aromatic N) is 1. The van der Waals surface area contributed by atoms with Crippen molar-refractivity contribution < 1.29 is 26.4 Å². The average molecular weight is 470 g/mol. The molecule has 0 atom stereocenters. The average Bonchev–Trinajstić information content (AvgIpc) is 3.16. The van der Waals surface area contributed by atoms with Crippen molar-refractivity contribution in [2.45, 2.75) is 24.4 Å². The first-order chi connectivity index (χ1) is 14.5. The van der Waals surface area contributed by atoms with E-state index in [4.69, 9.17) is 0 Å². The Balaban J connectivity index is 1.58. The Morgan fingerprint density at radius 2 is 1.71 bits per heavy atom. The number of aromatic nitrogens is 1. The van der Waals surface area contributed by atoms with Gasteiger partial charge in [-0.2, -0.15) is 13.2 Å². The highest BCUT2D eigenvalue weighted by Gasteiger charge is 2.30. The molecule has 1 aromatic heterocycles. The number of carbonyl (C=O) groups excluding carboxylic acids is 1. The number of carbonyl (C=O) groups is 1. The summed E-state index contributed by atoms with van der Waals surface area (Å²) in [4.78, 5) is 15.5. The molecule has 31 heavy (non-hydrogen) atoms. The molecule has 0 saturated heterocycles. The van der Waals surface area contributed by atoms with E-state index in [0.29, 0.717) is 28.4 Å². The molecule has 164 valence electrons. The highest BCUT2D eigenvalue weighted by atomic mass is 32.2. The summed E-state index contributed by atoms with van der Waals surface area (Å²) in [5.41, 5.74) is 0.949. The number of amides is 1. The van der Waals surface area contributed by atoms with E-state index >= 15 is 0 Å². The number of rotatable bonds is 7. The van der Waals surface area contributed by atoms with Crippen LogP contribution in [0.1, 0.15) is 18.2 Å². The normalized spacial score (nSPS) is 12.0. The fourth-order valence-corrected chi connectivity index (χ4v) is 4.57. The molecule has 0 radical (unpaired) electrons. The fraction of sp³-hybridized carbons (Fsp3) is 0.200. The third-order valence-corrected chi connectivity index (χ3v) is 6.59. The van der Waals surface area contributed by atoms with Gasteiger partial charge in [-0.15, -0.1) is 11.3 Å². The minimum atomic E-state index is -4.39. The van der Waals surface area contributed by atoms with Gasteiger partial charge in [0.15, 0.2) is 0 Å². The lowest BCUT2D eigenvalue weighted by atomic mass is 10.1. The van der Waals surface area contributed by atoms with Gasteiger partial charge in [0.2, 0.25) is 15.9 Å². The highest BCUT2D eigenvalue weighted by molar-refractivity contribution is 7.89. The second-order valence-corrected chi connectivity index (χ2v) is 9.20. The van der Waals surface area contributed by atoms with Crippen molar-refractivity contribution in [3.8, 4) is 10.6 Å². The van der Waals surface area contributed by atoms with Gasteiger partial charge in [0.05, 0.1) is 16.2 Å². The number of nitrogens with one attached hydrogen (secondary N) is 2. The summed E-state index contributed by atoms with van der Waals surface area (Å²) in [6.07, 6.45) is -4.08. The van der Waals surface area contributed by atoms with Crippen LogP contribution in [-0.4, -0.2) is 25.9 Å². The molecule has 0 aliphatic carbocycles. The van der Waals surface area contributed by atoms with Crippen LogP contribution in [0.3, 0.4) is 0 Å². The summed E-state index contributed by atoms with van der Waals surface area (Å²) < 4.78 is 65.3. The van der Waals surface area contributed by atoms with Crippen LogP contribution in [0, 0.1) is 0 Å². The van der Waals surface area contributed by atoms with Gasteiger partial charge in [0.1, 0.15) is 5.01 Å². The summed E-state index contributed by atoms with van der Waals surface area (Å²) in [5.74, 6) is -0.257. The predicted octanol–water partition coefficient (Wildman–Crippen LogP) is 4.31.